The van der Waals surface area contributed by atoms with Crippen molar-refractivity contribution < 1.29 is 0 Å². The van der Waals surface area contributed by atoms with Gasteiger partial charge in [-0.3, -0.25) is 0 Å². The lowest BCUT2D eigenvalue weighted by Gasteiger charge is -2.18. The maximum atomic E-state index is 6.49. The van der Waals surface area contributed by atoms with E-state index < -0.39 is 0 Å². The molecule has 0 aliphatic heterocycles. The number of fused-ring (bicyclic) bond motifs is 1. The van der Waals surface area contributed by atoms with Crippen molar-refractivity contribution in [2.75, 3.05) is 0 Å². The van der Waals surface area contributed by atoms with Gasteiger partial charge in [-0.1, -0.05) is 34.8 Å². The first-order valence-electron chi connectivity index (χ1n) is 6.67. The minimum absolute atomic E-state index is 0.192. The topological polar surface area (TPSA) is 30.9 Å². The smallest absolute Gasteiger partial charge is 0.0492 e. The Hall–Kier alpha value is -0.800. The number of rotatable bonds is 2. The standard InChI is InChI=1S/C15H19BrN2/c1-18-9-13(15(17)10-4-2-3-5-10)12-7-6-11(16)8-14(12)18/h6-10,15H,2-5,17H2,1H3. The summed E-state index contributed by atoms with van der Waals surface area (Å²) in [6.45, 7) is 0. The average Bonchev–Trinajstić information content (AvgIpc) is 2.97. The van der Waals surface area contributed by atoms with E-state index in [2.05, 4.69) is 51.9 Å². The first kappa shape index (κ1) is 12.2. The Morgan fingerprint density at radius 2 is 2.06 bits per heavy atom. The zero-order chi connectivity index (χ0) is 12.7. The molecule has 1 heterocycles. The summed E-state index contributed by atoms with van der Waals surface area (Å²) in [7, 11) is 2.10. The van der Waals surface area contributed by atoms with Crippen LogP contribution in [0.4, 0.5) is 0 Å². The summed E-state index contributed by atoms with van der Waals surface area (Å²) in [5.41, 5.74) is 9.06. The van der Waals surface area contributed by atoms with Gasteiger partial charge in [0.2, 0.25) is 0 Å². The second-order valence-electron chi connectivity index (χ2n) is 5.43. The highest BCUT2D eigenvalue weighted by molar-refractivity contribution is 9.10. The number of benzene rings is 1. The molecule has 1 aromatic heterocycles. The minimum atomic E-state index is 0.192. The third kappa shape index (κ3) is 1.99. The van der Waals surface area contributed by atoms with Gasteiger partial charge in [0.1, 0.15) is 0 Å². The third-order valence-corrected chi connectivity index (χ3v) is 4.74. The molecular weight excluding hydrogens is 288 g/mol. The quantitative estimate of drug-likeness (QED) is 0.888. The Morgan fingerprint density at radius 3 is 2.78 bits per heavy atom. The summed E-state index contributed by atoms with van der Waals surface area (Å²) in [5.74, 6) is 0.666. The second kappa shape index (κ2) is 4.71. The number of nitrogens with two attached hydrogens (primary N) is 1. The molecule has 0 amide bonds. The van der Waals surface area contributed by atoms with Crippen molar-refractivity contribution in [1.29, 1.82) is 0 Å². The second-order valence-corrected chi connectivity index (χ2v) is 6.34. The van der Waals surface area contributed by atoms with Crippen molar-refractivity contribution in [3.8, 4) is 0 Å². The molecule has 1 unspecified atom stereocenters. The van der Waals surface area contributed by atoms with Crippen molar-refractivity contribution in [3.63, 3.8) is 0 Å². The summed E-state index contributed by atoms with van der Waals surface area (Å²) in [5, 5.41) is 1.31. The third-order valence-electron chi connectivity index (χ3n) is 4.25. The molecule has 0 spiro atoms. The number of aromatic nitrogens is 1. The maximum Gasteiger partial charge on any atom is 0.0492 e. The van der Waals surface area contributed by atoms with Gasteiger partial charge in [-0.25, -0.2) is 0 Å². The van der Waals surface area contributed by atoms with Gasteiger partial charge in [0.25, 0.3) is 0 Å². The molecule has 2 nitrogen and oxygen atoms in total. The van der Waals surface area contributed by atoms with Crippen LogP contribution < -0.4 is 5.73 Å². The van der Waals surface area contributed by atoms with E-state index >= 15 is 0 Å². The van der Waals surface area contributed by atoms with Crippen LogP contribution in [0, 0.1) is 5.92 Å². The number of aryl methyl sites for hydroxylation is 1. The van der Waals surface area contributed by atoms with Crippen LogP contribution in [-0.2, 0) is 7.05 Å². The molecule has 3 heteroatoms. The summed E-state index contributed by atoms with van der Waals surface area (Å²) in [4.78, 5) is 0. The molecule has 1 saturated carbocycles. The van der Waals surface area contributed by atoms with Gasteiger partial charge in [0.15, 0.2) is 0 Å². The van der Waals surface area contributed by atoms with Gasteiger partial charge in [0.05, 0.1) is 0 Å². The highest BCUT2D eigenvalue weighted by Gasteiger charge is 2.25. The van der Waals surface area contributed by atoms with E-state index in [4.69, 9.17) is 5.73 Å². The largest absolute Gasteiger partial charge is 0.350 e. The van der Waals surface area contributed by atoms with Gasteiger partial charge >= 0.3 is 0 Å². The predicted molar refractivity (Wildman–Crippen MR) is 79.5 cm³/mol. The number of halogens is 1. The van der Waals surface area contributed by atoms with Crippen molar-refractivity contribution in [1.82, 2.24) is 4.57 Å². The van der Waals surface area contributed by atoms with Gasteiger partial charge in [-0.2, -0.15) is 0 Å². The maximum absolute atomic E-state index is 6.49. The molecule has 1 aromatic carbocycles. The Bertz CT molecular complexity index is 567. The fourth-order valence-corrected chi connectivity index (χ4v) is 3.57. The lowest BCUT2D eigenvalue weighted by Crippen LogP contribution is -2.18. The summed E-state index contributed by atoms with van der Waals surface area (Å²) >= 11 is 3.53. The van der Waals surface area contributed by atoms with Crippen molar-refractivity contribution >= 4 is 26.8 Å². The van der Waals surface area contributed by atoms with Gasteiger partial charge < -0.3 is 10.3 Å². The highest BCUT2D eigenvalue weighted by Crippen LogP contribution is 2.37. The molecular formula is C15H19BrN2. The van der Waals surface area contributed by atoms with Crippen LogP contribution in [0.5, 0.6) is 0 Å². The molecule has 1 aliphatic carbocycles. The molecule has 0 radical (unpaired) electrons. The molecule has 3 rings (SSSR count). The Labute approximate surface area is 116 Å². The van der Waals surface area contributed by atoms with Crippen molar-refractivity contribution in [2.24, 2.45) is 18.7 Å². The van der Waals surface area contributed by atoms with Crippen LogP contribution in [0.2, 0.25) is 0 Å². The first-order valence-corrected chi connectivity index (χ1v) is 7.46. The van der Waals surface area contributed by atoms with Crippen molar-refractivity contribution in [2.45, 2.75) is 31.7 Å². The van der Waals surface area contributed by atoms with Gasteiger partial charge in [-0.05, 0) is 36.5 Å². The molecule has 18 heavy (non-hydrogen) atoms. The molecule has 0 saturated heterocycles. The van der Waals surface area contributed by atoms with Crippen LogP contribution in [0.25, 0.3) is 10.9 Å². The summed E-state index contributed by atoms with van der Waals surface area (Å²) in [6, 6.07) is 6.65. The highest BCUT2D eigenvalue weighted by atomic mass is 79.9. The van der Waals surface area contributed by atoms with Crippen molar-refractivity contribution in [3.05, 3.63) is 34.4 Å². The van der Waals surface area contributed by atoms with E-state index in [9.17, 15) is 0 Å². The summed E-state index contributed by atoms with van der Waals surface area (Å²) in [6.07, 6.45) is 7.46. The fourth-order valence-electron chi connectivity index (χ4n) is 3.22. The van der Waals surface area contributed by atoms with E-state index in [1.807, 2.05) is 0 Å². The lowest BCUT2D eigenvalue weighted by molar-refractivity contribution is 0.446. The van der Waals surface area contributed by atoms with E-state index in [0.717, 1.165) is 4.47 Å². The SMILES string of the molecule is Cn1cc(C(N)C2CCCC2)c2ccc(Br)cc21. The monoisotopic (exact) mass is 306 g/mol. The number of hydrogen-bond acceptors (Lipinski definition) is 1. The van der Waals surface area contributed by atoms with Gasteiger partial charge in [-0.15, -0.1) is 0 Å². The van der Waals surface area contributed by atoms with Crippen LogP contribution in [0.15, 0.2) is 28.9 Å². The Morgan fingerprint density at radius 1 is 1.33 bits per heavy atom. The van der Waals surface area contributed by atoms with Crippen LogP contribution in [0.1, 0.15) is 37.3 Å². The number of hydrogen-bond donors (Lipinski definition) is 1. The molecule has 96 valence electrons. The molecule has 0 bridgehead atoms. The van der Waals surface area contributed by atoms with Crippen LogP contribution in [0.3, 0.4) is 0 Å². The number of nitrogens with zero attached hydrogens (tertiary/aromatic N) is 1. The normalized spacial score (nSPS) is 18.6. The zero-order valence-corrected chi connectivity index (χ0v) is 12.3. The molecule has 1 fully saturated rings. The molecule has 2 N–H and O–H groups in total. The molecule has 1 aliphatic rings. The average molecular weight is 307 g/mol. The van der Waals surface area contributed by atoms with Gasteiger partial charge in [0, 0.05) is 34.7 Å². The fraction of sp³-hybridized carbons (Fsp3) is 0.467. The Balaban J connectivity index is 2.06. The molecule has 1 atom stereocenters. The minimum Gasteiger partial charge on any atom is -0.350 e. The Kier molecular flexibility index (Phi) is 3.20. The van der Waals surface area contributed by atoms with Crippen LogP contribution >= 0.6 is 15.9 Å². The van der Waals surface area contributed by atoms with E-state index in [-0.39, 0.29) is 6.04 Å². The van der Waals surface area contributed by atoms with E-state index in [1.165, 1.54) is 42.1 Å². The zero-order valence-electron chi connectivity index (χ0n) is 10.7. The summed E-state index contributed by atoms with van der Waals surface area (Å²) < 4.78 is 3.31. The first-order chi connectivity index (χ1) is 8.66. The van der Waals surface area contributed by atoms with Crippen LogP contribution in [-0.4, -0.2) is 4.57 Å². The van der Waals surface area contributed by atoms with E-state index in [1.54, 1.807) is 0 Å². The van der Waals surface area contributed by atoms with E-state index in [0.29, 0.717) is 5.92 Å². The lowest BCUT2D eigenvalue weighted by atomic mass is 9.92. The molecule has 2 aromatic rings. The predicted octanol–water partition coefficient (Wildman–Crippen LogP) is 4.13.